The molecule has 0 radical (unpaired) electrons. The van der Waals surface area contributed by atoms with E-state index in [0.29, 0.717) is 23.8 Å². The SMILES string of the molecule is CN=C(NCCCc1ccc(O)cc1)NCc1cc(OC)ccc1OC(F)F. The molecule has 3 N–H and O–H groups in total. The standard InChI is InChI=1S/C20H25F2N3O3/c1-23-20(24-11-3-4-14-5-7-16(26)8-6-14)25-13-15-12-17(27-2)9-10-18(15)28-19(21)22/h5-10,12,19,26H,3-4,11,13H2,1-2H3,(H2,23,24,25). The van der Waals surface area contributed by atoms with Crippen molar-refractivity contribution in [2.45, 2.75) is 26.0 Å². The third kappa shape index (κ3) is 6.94. The van der Waals surface area contributed by atoms with Crippen LogP contribution in [-0.2, 0) is 13.0 Å². The Bertz CT molecular complexity index is 768. The maximum Gasteiger partial charge on any atom is 0.387 e. The lowest BCUT2D eigenvalue weighted by molar-refractivity contribution is -0.0504. The number of aromatic hydroxyl groups is 1. The fourth-order valence-electron chi connectivity index (χ4n) is 2.59. The van der Waals surface area contributed by atoms with E-state index in [1.165, 1.54) is 13.2 Å². The van der Waals surface area contributed by atoms with Crippen LogP contribution in [0.2, 0.25) is 0 Å². The van der Waals surface area contributed by atoms with Crippen molar-refractivity contribution in [2.24, 2.45) is 4.99 Å². The molecule has 0 saturated heterocycles. The van der Waals surface area contributed by atoms with Gasteiger partial charge in [0.25, 0.3) is 0 Å². The van der Waals surface area contributed by atoms with Crippen molar-refractivity contribution < 1.29 is 23.4 Å². The van der Waals surface area contributed by atoms with Crippen molar-refractivity contribution in [3.63, 3.8) is 0 Å². The maximum atomic E-state index is 12.6. The molecule has 0 bridgehead atoms. The monoisotopic (exact) mass is 393 g/mol. The fraction of sp³-hybridized carbons (Fsp3) is 0.350. The Morgan fingerprint density at radius 3 is 2.54 bits per heavy atom. The number of halogens is 2. The van der Waals surface area contributed by atoms with Crippen LogP contribution >= 0.6 is 0 Å². The number of aryl methyl sites for hydroxylation is 1. The van der Waals surface area contributed by atoms with Crippen LogP contribution in [0.5, 0.6) is 17.2 Å². The zero-order valence-electron chi connectivity index (χ0n) is 15.9. The predicted octanol–water partition coefficient (Wildman–Crippen LogP) is 3.30. The maximum absolute atomic E-state index is 12.6. The van der Waals surface area contributed by atoms with Crippen LogP contribution < -0.4 is 20.1 Å². The van der Waals surface area contributed by atoms with E-state index in [0.717, 1.165) is 18.4 Å². The Kier molecular flexibility index (Phi) is 8.33. The molecule has 0 fully saturated rings. The highest BCUT2D eigenvalue weighted by Crippen LogP contribution is 2.25. The molecule has 0 aliphatic heterocycles. The first-order chi connectivity index (χ1) is 13.5. The first-order valence-corrected chi connectivity index (χ1v) is 8.86. The normalized spacial score (nSPS) is 11.4. The molecular formula is C20H25F2N3O3. The van der Waals surface area contributed by atoms with E-state index in [2.05, 4.69) is 20.4 Å². The Morgan fingerprint density at radius 1 is 1.14 bits per heavy atom. The minimum Gasteiger partial charge on any atom is -0.508 e. The summed E-state index contributed by atoms with van der Waals surface area (Å²) < 4.78 is 34.9. The summed E-state index contributed by atoms with van der Waals surface area (Å²) in [5, 5.41) is 15.6. The van der Waals surface area contributed by atoms with Gasteiger partial charge < -0.3 is 25.2 Å². The van der Waals surface area contributed by atoms with Gasteiger partial charge in [-0.1, -0.05) is 12.1 Å². The van der Waals surface area contributed by atoms with E-state index in [4.69, 9.17) is 4.74 Å². The zero-order chi connectivity index (χ0) is 20.4. The molecule has 0 aliphatic carbocycles. The largest absolute Gasteiger partial charge is 0.508 e. The number of phenols is 1. The van der Waals surface area contributed by atoms with Crippen molar-refractivity contribution in [1.82, 2.24) is 10.6 Å². The molecular weight excluding hydrogens is 368 g/mol. The third-order valence-electron chi connectivity index (χ3n) is 4.02. The van der Waals surface area contributed by atoms with Crippen molar-refractivity contribution in [2.75, 3.05) is 20.7 Å². The number of alkyl halides is 2. The molecule has 0 heterocycles. The molecule has 152 valence electrons. The van der Waals surface area contributed by atoms with Gasteiger partial charge in [-0.25, -0.2) is 0 Å². The molecule has 2 aromatic rings. The van der Waals surface area contributed by atoms with E-state index in [-0.39, 0.29) is 18.0 Å². The van der Waals surface area contributed by atoms with Crippen molar-refractivity contribution in [3.8, 4) is 17.2 Å². The van der Waals surface area contributed by atoms with Gasteiger partial charge in [0.2, 0.25) is 0 Å². The van der Waals surface area contributed by atoms with Crippen LogP contribution in [0.4, 0.5) is 8.78 Å². The lowest BCUT2D eigenvalue weighted by Crippen LogP contribution is -2.37. The molecule has 6 nitrogen and oxygen atoms in total. The molecule has 0 aliphatic rings. The van der Waals surface area contributed by atoms with Crippen LogP contribution in [0, 0.1) is 0 Å². The van der Waals surface area contributed by atoms with Crippen LogP contribution in [-0.4, -0.2) is 38.4 Å². The highest BCUT2D eigenvalue weighted by Gasteiger charge is 2.11. The average Bonchev–Trinajstić information content (AvgIpc) is 2.69. The number of ether oxygens (including phenoxy) is 2. The highest BCUT2D eigenvalue weighted by molar-refractivity contribution is 5.79. The zero-order valence-corrected chi connectivity index (χ0v) is 15.9. The van der Waals surface area contributed by atoms with Gasteiger partial charge in [-0.05, 0) is 48.7 Å². The van der Waals surface area contributed by atoms with E-state index < -0.39 is 6.61 Å². The van der Waals surface area contributed by atoms with Gasteiger partial charge >= 0.3 is 6.61 Å². The predicted molar refractivity (Wildman–Crippen MR) is 104 cm³/mol. The van der Waals surface area contributed by atoms with Crippen LogP contribution in [0.25, 0.3) is 0 Å². The Labute approximate surface area is 163 Å². The van der Waals surface area contributed by atoms with Gasteiger partial charge in [-0.3, -0.25) is 4.99 Å². The number of hydrogen-bond acceptors (Lipinski definition) is 4. The fourth-order valence-corrected chi connectivity index (χ4v) is 2.59. The summed E-state index contributed by atoms with van der Waals surface area (Å²) in [5.74, 6) is 1.44. The van der Waals surface area contributed by atoms with Crippen LogP contribution in [0.1, 0.15) is 17.5 Å². The van der Waals surface area contributed by atoms with E-state index in [9.17, 15) is 13.9 Å². The van der Waals surface area contributed by atoms with E-state index in [1.807, 2.05) is 12.1 Å². The number of benzene rings is 2. The first kappa shape index (κ1) is 21.3. The quantitative estimate of drug-likeness (QED) is 0.346. The Balaban J connectivity index is 1.85. The molecule has 0 aromatic heterocycles. The van der Waals surface area contributed by atoms with Gasteiger partial charge in [0.05, 0.1) is 7.11 Å². The Morgan fingerprint density at radius 2 is 1.89 bits per heavy atom. The summed E-state index contributed by atoms with van der Waals surface area (Å²) in [4.78, 5) is 4.13. The molecule has 2 rings (SSSR count). The molecule has 0 atom stereocenters. The smallest absolute Gasteiger partial charge is 0.387 e. The van der Waals surface area contributed by atoms with E-state index in [1.54, 1.807) is 31.3 Å². The van der Waals surface area contributed by atoms with Gasteiger partial charge in [0.15, 0.2) is 5.96 Å². The first-order valence-electron chi connectivity index (χ1n) is 8.86. The molecule has 0 saturated carbocycles. The summed E-state index contributed by atoms with van der Waals surface area (Å²) in [6.45, 7) is -1.97. The second kappa shape index (κ2) is 11.0. The van der Waals surface area contributed by atoms with Gasteiger partial charge in [-0.2, -0.15) is 8.78 Å². The summed E-state index contributed by atoms with van der Waals surface area (Å²) in [7, 11) is 3.15. The Hall–Kier alpha value is -3.03. The van der Waals surface area contributed by atoms with E-state index >= 15 is 0 Å². The molecule has 0 spiro atoms. The third-order valence-corrected chi connectivity index (χ3v) is 4.02. The summed E-state index contributed by atoms with van der Waals surface area (Å²) >= 11 is 0. The number of phenolic OH excluding ortho intramolecular Hbond substituents is 1. The number of guanidine groups is 1. The summed E-state index contributed by atoms with van der Waals surface area (Å²) in [5.41, 5.74) is 1.67. The minimum absolute atomic E-state index is 0.0890. The molecule has 28 heavy (non-hydrogen) atoms. The van der Waals surface area contributed by atoms with Gasteiger partial charge in [0.1, 0.15) is 17.2 Å². The number of methoxy groups -OCH3 is 1. The summed E-state index contributed by atoms with van der Waals surface area (Å²) in [6, 6.07) is 11.8. The van der Waals surface area contributed by atoms with Crippen molar-refractivity contribution in [3.05, 3.63) is 53.6 Å². The molecule has 2 aromatic carbocycles. The number of aliphatic imine (C=N–C) groups is 1. The lowest BCUT2D eigenvalue weighted by Gasteiger charge is -2.15. The lowest BCUT2D eigenvalue weighted by atomic mass is 10.1. The highest BCUT2D eigenvalue weighted by atomic mass is 19.3. The second-order valence-corrected chi connectivity index (χ2v) is 5.97. The van der Waals surface area contributed by atoms with Crippen LogP contribution in [0.15, 0.2) is 47.5 Å². The summed E-state index contributed by atoms with van der Waals surface area (Å²) in [6.07, 6.45) is 1.72. The number of nitrogens with one attached hydrogen (secondary N) is 2. The minimum atomic E-state index is -2.90. The van der Waals surface area contributed by atoms with Crippen molar-refractivity contribution >= 4 is 5.96 Å². The average molecular weight is 393 g/mol. The second-order valence-electron chi connectivity index (χ2n) is 5.97. The molecule has 0 unspecified atom stereocenters. The number of rotatable bonds is 9. The topological polar surface area (TPSA) is 75.1 Å². The molecule has 8 heteroatoms. The van der Waals surface area contributed by atoms with Gasteiger partial charge in [-0.15, -0.1) is 0 Å². The number of hydrogen-bond donors (Lipinski definition) is 3. The molecule has 0 amide bonds. The van der Waals surface area contributed by atoms with Crippen molar-refractivity contribution in [1.29, 1.82) is 0 Å². The van der Waals surface area contributed by atoms with Gasteiger partial charge in [0, 0.05) is 25.7 Å². The van der Waals surface area contributed by atoms with Crippen LogP contribution in [0.3, 0.4) is 0 Å². The number of nitrogens with zero attached hydrogens (tertiary/aromatic N) is 1.